The maximum Gasteiger partial charge on any atom is 0.258 e. The second kappa shape index (κ2) is 7.94. The lowest BCUT2D eigenvalue weighted by Gasteiger charge is -2.18. The van der Waals surface area contributed by atoms with Gasteiger partial charge in [-0.05, 0) is 84.0 Å². The molecule has 0 aromatic heterocycles. The van der Waals surface area contributed by atoms with E-state index in [2.05, 4.69) is 50.3 Å². The molecule has 4 nitrogen and oxygen atoms in total. The van der Waals surface area contributed by atoms with Crippen LogP contribution in [0, 0.1) is 3.57 Å². The molecule has 2 aromatic carbocycles. The van der Waals surface area contributed by atoms with Crippen molar-refractivity contribution in [1.82, 2.24) is 5.32 Å². The van der Waals surface area contributed by atoms with Crippen LogP contribution in [0.15, 0.2) is 48.5 Å². The van der Waals surface area contributed by atoms with Crippen molar-refractivity contribution < 1.29 is 4.79 Å². The van der Waals surface area contributed by atoms with Crippen molar-refractivity contribution >= 4 is 57.2 Å². The average Bonchev–Trinajstić information content (AvgIpc) is 3.10. The third kappa shape index (κ3) is 4.24. The van der Waals surface area contributed by atoms with Crippen LogP contribution in [0.1, 0.15) is 23.2 Å². The molecule has 2 N–H and O–H groups in total. The van der Waals surface area contributed by atoms with E-state index in [0.29, 0.717) is 10.7 Å². The van der Waals surface area contributed by atoms with E-state index in [9.17, 15) is 4.79 Å². The van der Waals surface area contributed by atoms with Crippen LogP contribution in [0.2, 0.25) is 0 Å². The van der Waals surface area contributed by atoms with E-state index >= 15 is 0 Å². The number of hydrogen-bond donors (Lipinski definition) is 2. The Morgan fingerprint density at radius 1 is 1.04 bits per heavy atom. The molecule has 0 aliphatic carbocycles. The Balaban J connectivity index is 1.58. The standard InChI is InChI=1S/C18H18IN3OS/c19-16-6-2-1-5-15(16)17(23)21-18(24)20-13-7-9-14(10-8-13)22-11-3-4-12-22/h1-2,5-10H,3-4,11-12H2,(H2,20,21,23,24). The van der Waals surface area contributed by atoms with Crippen LogP contribution >= 0.6 is 34.8 Å². The summed E-state index contributed by atoms with van der Waals surface area (Å²) in [5.41, 5.74) is 2.71. The number of carbonyl (C=O) groups is 1. The van der Waals surface area contributed by atoms with Crippen LogP contribution in [0.5, 0.6) is 0 Å². The third-order valence-corrected chi connectivity index (χ3v) is 5.09. The number of benzene rings is 2. The SMILES string of the molecule is O=C(NC(=S)Nc1ccc(N2CCCC2)cc1)c1ccccc1I. The van der Waals surface area contributed by atoms with E-state index in [1.807, 2.05) is 30.3 Å². The molecule has 1 amide bonds. The van der Waals surface area contributed by atoms with Gasteiger partial charge in [-0.3, -0.25) is 10.1 Å². The molecule has 0 unspecified atom stereocenters. The van der Waals surface area contributed by atoms with Crippen LogP contribution in [0.25, 0.3) is 0 Å². The van der Waals surface area contributed by atoms with Crippen molar-refractivity contribution in [2.75, 3.05) is 23.3 Å². The summed E-state index contributed by atoms with van der Waals surface area (Å²) in [6.45, 7) is 2.24. The van der Waals surface area contributed by atoms with Gasteiger partial charge in [-0.2, -0.15) is 0 Å². The van der Waals surface area contributed by atoms with E-state index in [1.54, 1.807) is 6.07 Å². The first-order chi connectivity index (χ1) is 11.6. The van der Waals surface area contributed by atoms with Gasteiger partial charge in [0.25, 0.3) is 5.91 Å². The van der Waals surface area contributed by atoms with Gasteiger partial charge in [-0.25, -0.2) is 0 Å². The highest BCUT2D eigenvalue weighted by atomic mass is 127. The molecule has 1 saturated heterocycles. The van der Waals surface area contributed by atoms with E-state index in [0.717, 1.165) is 22.3 Å². The number of rotatable bonds is 3. The molecule has 6 heteroatoms. The fraction of sp³-hybridized carbons (Fsp3) is 0.222. The number of amides is 1. The van der Waals surface area contributed by atoms with Gasteiger partial charge in [0.05, 0.1) is 5.56 Å². The van der Waals surface area contributed by atoms with Gasteiger partial charge in [0.1, 0.15) is 0 Å². The van der Waals surface area contributed by atoms with Crippen LogP contribution in [-0.2, 0) is 0 Å². The Hall–Kier alpha value is -1.67. The summed E-state index contributed by atoms with van der Waals surface area (Å²) in [4.78, 5) is 14.6. The van der Waals surface area contributed by atoms with E-state index in [1.165, 1.54) is 18.5 Å². The van der Waals surface area contributed by atoms with Gasteiger partial charge < -0.3 is 10.2 Å². The number of halogens is 1. The number of nitrogens with zero attached hydrogens (tertiary/aromatic N) is 1. The molecule has 1 heterocycles. The van der Waals surface area contributed by atoms with E-state index < -0.39 is 0 Å². The molecule has 0 radical (unpaired) electrons. The second-order valence-electron chi connectivity index (χ2n) is 5.63. The molecule has 1 aliphatic heterocycles. The summed E-state index contributed by atoms with van der Waals surface area (Å²) in [6.07, 6.45) is 2.52. The molecule has 0 saturated carbocycles. The summed E-state index contributed by atoms with van der Waals surface area (Å²) in [5.74, 6) is -0.203. The Morgan fingerprint density at radius 2 is 1.71 bits per heavy atom. The zero-order valence-corrected chi connectivity index (χ0v) is 16.1. The van der Waals surface area contributed by atoms with Crippen molar-refractivity contribution in [2.24, 2.45) is 0 Å². The first kappa shape index (κ1) is 17.2. The zero-order chi connectivity index (χ0) is 16.9. The van der Waals surface area contributed by atoms with Crippen molar-refractivity contribution in [2.45, 2.75) is 12.8 Å². The molecule has 0 atom stereocenters. The van der Waals surface area contributed by atoms with E-state index in [-0.39, 0.29) is 5.91 Å². The first-order valence-electron chi connectivity index (χ1n) is 7.85. The molecule has 24 heavy (non-hydrogen) atoms. The van der Waals surface area contributed by atoms with Crippen molar-refractivity contribution in [3.8, 4) is 0 Å². The predicted octanol–water partition coefficient (Wildman–Crippen LogP) is 4.02. The van der Waals surface area contributed by atoms with Crippen LogP contribution in [0.3, 0.4) is 0 Å². The third-order valence-electron chi connectivity index (χ3n) is 3.94. The lowest BCUT2D eigenvalue weighted by atomic mass is 10.2. The quantitative estimate of drug-likeness (QED) is 0.547. The smallest absolute Gasteiger partial charge is 0.258 e. The molecule has 2 aromatic rings. The van der Waals surface area contributed by atoms with Gasteiger partial charge in [-0.1, -0.05) is 12.1 Å². The van der Waals surface area contributed by atoms with Gasteiger partial charge in [0, 0.05) is 28.0 Å². The number of thiocarbonyl (C=S) groups is 1. The Bertz CT molecular complexity index is 742. The highest BCUT2D eigenvalue weighted by Crippen LogP contribution is 2.22. The van der Waals surface area contributed by atoms with E-state index in [4.69, 9.17) is 12.2 Å². The molecular weight excluding hydrogens is 433 g/mol. The number of anilines is 2. The maximum atomic E-state index is 12.2. The maximum absolute atomic E-state index is 12.2. The largest absolute Gasteiger partial charge is 0.372 e. The second-order valence-corrected chi connectivity index (χ2v) is 7.20. The summed E-state index contributed by atoms with van der Waals surface area (Å²) in [6, 6.07) is 15.5. The van der Waals surface area contributed by atoms with Crippen LogP contribution < -0.4 is 15.5 Å². The van der Waals surface area contributed by atoms with Crippen LogP contribution in [0.4, 0.5) is 11.4 Å². The molecule has 1 fully saturated rings. The highest BCUT2D eigenvalue weighted by Gasteiger charge is 2.13. The fourth-order valence-corrected chi connectivity index (χ4v) is 3.55. The van der Waals surface area contributed by atoms with Crippen LogP contribution in [-0.4, -0.2) is 24.1 Å². The minimum atomic E-state index is -0.203. The number of hydrogen-bond acceptors (Lipinski definition) is 3. The summed E-state index contributed by atoms with van der Waals surface area (Å²) in [7, 11) is 0. The molecule has 3 rings (SSSR count). The molecule has 1 aliphatic rings. The monoisotopic (exact) mass is 451 g/mol. The minimum Gasteiger partial charge on any atom is -0.372 e. The lowest BCUT2D eigenvalue weighted by Crippen LogP contribution is -2.34. The Morgan fingerprint density at radius 3 is 2.38 bits per heavy atom. The minimum absolute atomic E-state index is 0.203. The van der Waals surface area contributed by atoms with Crippen molar-refractivity contribution in [3.05, 3.63) is 57.7 Å². The first-order valence-corrected chi connectivity index (χ1v) is 9.34. The summed E-state index contributed by atoms with van der Waals surface area (Å²) >= 11 is 7.38. The Kier molecular flexibility index (Phi) is 5.68. The van der Waals surface area contributed by atoms with Gasteiger partial charge >= 0.3 is 0 Å². The molecular formula is C18H18IN3OS. The zero-order valence-electron chi connectivity index (χ0n) is 13.1. The lowest BCUT2D eigenvalue weighted by molar-refractivity contribution is 0.0977. The normalized spacial score (nSPS) is 13.6. The Labute approximate surface area is 160 Å². The molecule has 0 spiro atoms. The number of carbonyl (C=O) groups excluding carboxylic acids is 1. The highest BCUT2D eigenvalue weighted by molar-refractivity contribution is 14.1. The number of nitrogens with one attached hydrogen (secondary N) is 2. The summed E-state index contributed by atoms with van der Waals surface area (Å²) < 4.78 is 0.894. The summed E-state index contributed by atoms with van der Waals surface area (Å²) in [5, 5.41) is 6.08. The topological polar surface area (TPSA) is 44.4 Å². The van der Waals surface area contributed by atoms with Gasteiger partial charge in [0.2, 0.25) is 0 Å². The van der Waals surface area contributed by atoms with Gasteiger partial charge in [-0.15, -0.1) is 0 Å². The average molecular weight is 451 g/mol. The molecule has 124 valence electrons. The fourth-order valence-electron chi connectivity index (χ4n) is 2.71. The van der Waals surface area contributed by atoms with Gasteiger partial charge in [0.15, 0.2) is 5.11 Å². The van der Waals surface area contributed by atoms with Crippen molar-refractivity contribution in [1.29, 1.82) is 0 Å². The predicted molar refractivity (Wildman–Crippen MR) is 111 cm³/mol. The van der Waals surface area contributed by atoms with Crippen molar-refractivity contribution in [3.63, 3.8) is 0 Å². The molecule has 0 bridgehead atoms.